The van der Waals surface area contributed by atoms with E-state index in [0.717, 1.165) is 41.7 Å². The summed E-state index contributed by atoms with van der Waals surface area (Å²) in [6.45, 7) is 2.81. The highest BCUT2D eigenvalue weighted by molar-refractivity contribution is 5.96. The lowest BCUT2D eigenvalue weighted by atomic mass is 10.1. The lowest BCUT2D eigenvalue weighted by Gasteiger charge is -2.17. The normalized spacial score (nSPS) is 13.3. The molecule has 3 aromatic rings. The summed E-state index contributed by atoms with van der Waals surface area (Å²) in [7, 11) is 0. The molecule has 0 aliphatic carbocycles. The van der Waals surface area contributed by atoms with Gasteiger partial charge in [-0.2, -0.15) is 0 Å². The van der Waals surface area contributed by atoms with Gasteiger partial charge in [0.05, 0.1) is 5.52 Å². The molecule has 0 N–H and O–H groups in total. The Morgan fingerprint density at radius 2 is 1.96 bits per heavy atom. The van der Waals surface area contributed by atoms with Gasteiger partial charge in [-0.15, -0.1) is 0 Å². The minimum absolute atomic E-state index is 0.165. The van der Waals surface area contributed by atoms with E-state index >= 15 is 0 Å². The quantitative estimate of drug-likeness (QED) is 0.730. The van der Waals surface area contributed by atoms with Crippen LogP contribution in [0, 0.1) is 6.92 Å². The van der Waals surface area contributed by atoms with Crippen LogP contribution in [0.15, 0.2) is 54.6 Å². The van der Waals surface area contributed by atoms with Gasteiger partial charge in [0.15, 0.2) is 0 Å². The average Bonchev–Trinajstić information content (AvgIpc) is 3.02. The second kappa shape index (κ2) is 6.08. The van der Waals surface area contributed by atoms with Crippen LogP contribution < -0.4 is 4.90 Å². The zero-order valence-electron chi connectivity index (χ0n) is 13.8. The number of anilines is 1. The van der Waals surface area contributed by atoms with Crippen molar-refractivity contribution < 1.29 is 4.79 Å². The van der Waals surface area contributed by atoms with E-state index in [-0.39, 0.29) is 5.91 Å². The van der Waals surface area contributed by atoms with E-state index in [1.54, 1.807) is 0 Å². The lowest BCUT2D eigenvalue weighted by molar-refractivity contribution is -0.118. The van der Waals surface area contributed by atoms with Crippen molar-refractivity contribution in [2.24, 2.45) is 0 Å². The third-order valence-corrected chi connectivity index (χ3v) is 4.74. The monoisotopic (exact) mass is 316 g/mol. The Labute approximate surface area is 141 Å². The van der Waals surface area contributed by atoms with E-state index in [4.69, 9.17) is 4.98 Å². The van der Waals surface area contributed by atoms with Gasteiger partial charge in [-0.05, 0) is 42.5 Å². The van der Waals surface area contributed by atoms with Gasteiger partial charge in [0.2, 0.25) is 5.91 Å². The Balaban J connectivity index is 1.58. The molecular formula is C21H20N2O. The van der Waals surface area contributed by atoms with Crippen molar-refractivity contribution in [3.63, 3.8) is 0 Å². The average molecular weight is 316 g/mol. The van der Waals surface area contributed by atoms with Crippen LogP contribution >= 0.6 is 0 Å². The molecule has 0 saturated carbocycles. The van der Waals surface area contributed by atoms with E-state index in [1.165, 1.54) is 11.1 Å². The highest BCUT2D eigenvalue weighted by atomic mass is 16.2. The molecule has 0 atom stereocenters. The van der Waals surface area contributed by atoms with Crippen LogP contribution in [0.2, 0.25) is 0 Å². The fourth-order valence-corrected chi connectivity index (χ4v) is 3.41. The first-order valence-corrected chi connectivity index (χ1v) is 8.46. The Morgan fingerprint density at radius 1 is 1.12 bits per heavy atom. The molecule has 3 nitrogen and oxygen atoms in total. The number of hydrogen-bond donors (Lipinski definition) is 0. The van der Waals surface area contributed by atoms with Gasteiger partial charge in [0.1, 0.15) is 5.82 Å². The number of benzene rings is 2. The number of amides is 1. The number of hydrogen-bond acceptors (Lipinski definition) is 2. The fourth-order valence-electron chi connectivity index (χ4n) is 3.41. The molecule has 0 radical (unpaired) electrons. The SMILES string of the molecule is Cc1cccc2cc3c(nc12)N(C(=O)CCc1ccccc1)CC3. The summed E-state index contributed by atoms with van der Waals surface area (Å²) in [5, 5.41) is 1.16. The van der Waals surface area contributed by atoms with Gasteiger partial charge in [-0.25, -0.2) is 4.98 Å². The highest BCUT2D eigenvalue weighted by Gasteiger charge is 2.26. The molecule has 3 heteroatoms. The number of pyridine rings is 1. The van der Waals surface area contributed by atoms with Crippen molar-refractivity contribution in [1.82, 2.24) is 4.98 Å². The van der Waals surface area contributed by atoms with E-state index in [2.05, 4.69) is 43.3 Å². The molecule has 0 saturated heterocycles. The number of para-hydroxylation sites is 1. The van der Waals surface area contributed by atoms with Crippen molar-refractivity contribution >= 4 is 22.6 Å². The van der Waals surface area contributed by atoms with Crippen molar-refractivity contribution in [1.29, 1.82) is 0 Å². The molecule has 0 bridgehead atoms. The lowest BCUT2D eigenvalue weighted by Crippen LogP contribution is -2.29. The molecule has 0 spiro atoms. The topological polar surface area (TPSA) is 33.2 Å². The van der Waals surface area contributed by atoms with Crippen molar-refractivity contribution in [3.8, 4) is 0 Å². The Morgan fingerprint density at radius 3 is 2.79 bits per heavy atom. The third kappa shape index (κ3) is 2.67. The molecule has 1 amide bonds. The smallest absolute Gasteiger partial charge is 0.228 e. The number of rotatable bonds is 3. The van der Waals surface area contributed by atoms with Crippen LogP contribution in [0.1, 0.15) is 23.1 Å². The molecule has 2 heterocycles. The van der Waals surface area contributed by atoms with Crippen molar-refractivity contribution in [3.05, 3.63) is 71.3 Å². The molecular weight excluding hydrogens is 296 g/mol. The summed E-state index contributed by atoms with van der Waals surface area (Å²) >= 11 is 0. The first-order chi connectivity index (χ1) is 11.7. The number of aryl methyl sites for hydroxylation is 2. The van der Waals surface area contributed by atoms with E-state index in [0.29, 0.717) is 6.42 Å². The van der Waals surface area contributed by atoms with Crippen molar-refractivity contribution in [2.75, 3.05) is 11.4 Å². The summed E-state index contributed by atoms with van der Waals surface area (Å²) < 4.78 is 0. The zero-order valence-corrected chi connectivity index (χ0v) is 13.8. The Hall–Kier alpha value is -2.68. The minimum Gasteiger partial charge on any atom is -0.296 e. The number of fused-ring (bicyclic) bond motifs is 2. The summed E-state index contributed by atoms with van der Waals surface area (Å²) in [4.78, 5) is 19.4. The minimum atomic E-state index is 0.165. The van der Waals surface area contributed by atoms with Crippen LogP contribution in [0.4, 0.5) is 5.82 Å². The standard InChI is InChI=1S/C21H20N2O/c1-15-6-5-9-17-14-18-12-13-23(21(18)22-20(15)17)19(24)11-10-16-7-3-2-4-8-16/h2-9,14H,10-13H2,1H3. The maximum Gasteiger partial charge on any atom is 0.228 e. The van der Waals surface area contributed by atoms with Gasteiger partial charge < -0.3 is 0 Å². The highest BCUT2D eigenvalue weighted by Crippen LogP contribution is 2.31. The third-order valence-electron chi connectivity index (χ3n) is 4.74. The Kier molecular flexibility index (Phi) is 3.77. The molecule has 1 aliphatic heterocycles. The number of aromatic nitrogens is 1. The fraction of sp³-hybridized carbons (Fsp3) is 0.238. The van der Waals surface area contributed by atoms with Crippen LogP contribution in [-0.2, 0) is 17.6 Å². The molecule has 24 heavy (non-hydrogen) atoms. The van der Waals surface area contributed by atoms with Crippen LogP contribution in [-0.4, -0.2) is 17.4 Å². The maximum atomic E-state index is 12.7. The summed E-state index contributed by atoms with van der Waals surface area (Å²) in [6.07, 6.45) is 2.19. The predicted octanol–water partition coefficient (Wildman–Crippen LogP) is 4.07. The second-order valence-corrected chi connectivity index (χ2v) is 6.40. The molecule has 0 fully saturated rings. The summed E-state index contributed by atoms with van der Waals surface area (Å²) in [5.74, 6) is 1.02. The molecule has 1 aliphatic rings. The van der Waals surface area contributed by atoms with Gasteiger partial charge >= 0.3 is 0 Å². The van der Waals surface area contributed by atoms with Gasteiger partial charge in [-0.3, -0.25) is 9.69 Å². The van der Waals surface area contributed by atoms with Crippen LogP contribution in [0.3, 0.4) is 0 Å². The first-order valence-electron chi connectivity index (χ1n) is 8.46. The Bertz CT molecular complexity index is 902. The summed E-state index contributed by atoms with van der Waals surface area (Å²) in [6, 6.07) is 18.6. The number of carbonyl (C=O) groups is 1. The first kappa shape index (κ1) is 14.9. The van der Waals surface area contributed by atoms with Crippen LogP contribution in [0.25, 0.3) is 10.9 Å². The maximum absolute atomic E-state index is 12.7. The van der Waals surface area contributed by atoms with Gasteiger partial charge in [0.25, 0.3) is 0 Å². The van der Waals surface area contributed by atoms with E-state index < -0.39 is 0 Å². The number of carbonyl (C=O) groups excluding carboxylic acids is 1. The molecule has 1 aromatic heterocycles. The second-order valence-electron chi connectivity index (χ2n) is 6.40. The molecule has 2 aromatic carbocycles. The van der Waals surface area contributed by atoms with E-state index in [1.807, 2.05) is 23.1 Å². The van der Waals surface area contributed by atoms with Gasteiger partial charge in [0, 0.05) is 18.4 Å². The number of nitrogens with zero attached hydrogens (tertiary/aromatic N) is 2. The molecule has 120 valence electrons. The molecule has 0 unspecified atom stereocenters. The predicted molar refractivity (Wildman–Crippen MR) is 97.3 cm³/mol. The van der Waals surface area contributed by atoms with Crippen LogP contribution in [0.5, 0.6) is 0 Å². The van der Waals surface area contributed by atoms with E-state index in [9.17, 15) is 4.79 Å². The summed E-state index contributed by atoms with van der Waals surface area (Å²) in [5.41, 5.74) is 4.53. The van der Waals surface area contributed by atoms with Crippen molar-refractivity contribution in [2.45, 2.75) is 26.2 Å². The molecule has 4 rings (SSSR count). The largest absolute Gasteiger partial charge is 0.296 e. The zero-order chi connectivity index (χ0) is 16.5. The van der Waals surface area contributed by atoms with Gasteiger partial charge in [-0.1, -0.05) is 48.5 Å².